The molecule has 0 atom stereocenters. The van der Waals surface area contributed by atoms with Gasteiger partial charge in [-0.3, -0.25) is 4.79 Å². The van der Waals surface area contributed by atoms with Crippen molar-refractivity contribution < 1.29 is 9.21 Å². The SMILES string of the molecule is Cc1cc(=O)oc2cc(NC(=O)CSc3ccccn3)ccc12. The Morgan fingerprint density at radius 3 is 2.91 bits per heavy atom. The van der Waals surface area contributed by atoms with Gasteiger partial charge in [0.1, 0.15) is 5.58 Å². The number of hydrogen-bond acceptors (Lipinski definition) is 5. The molecular formula is C17H14N2O3S. The molecule has 116 valence electrons. The van der Waals surface area contributed by atoms with E-state index in [-0.39, 0.29) is 11.7 Å². The molecule has 3 rings (SSSR count). The van der Waals surface area contributed by atoms with Gasteiger partial charge in [0.05, 0.1) is 10.8 Å². The zero-order chi connectivity index (χ0) is 16.2. The van der Waals surface area contributed by atoms with Gasteiger partial charge in [0.15, 0.2) is 0 Å². The first kappa shape index (κ1) is 15.3. The molecule has 0 aliphatic carbocycles. The summed E-state index contributed by atoms with van der Waals surface area (Å²) in [6.07, 6.45) is 1.69. The van der Waals surface area contributed by atoms with E-state index in [1.54, 1.807) is 18.3 Å². The first-order chi connectivity index (χ1) is 11.1. The smallest absolute Gasteiger partial charge is 0.336 e. The minimum atomic E-state index is -0.399. The fourth-order valence-electron chi connectivity index (χ4n) is 2.17. The normalized spacial score (nSPS) is 10.7. The Morgan fingerprint density at radius 2 is 2.13 bits per heavy atom. The second-order valence-corrected chi connectivity index (χ2v) is 5.96. The molecule has 1 amide bonds. The number of nitrogens with one attached hydrogen (secondary N) is 1. The van der Waals surface area contributed by atoms with E-state index < -0.39 is 5.63 Å². The summed E-state index contributed by atoms with van der Waals surface area (Å²) in [5.41, 5.74) is 1.51. The Kier molecular flexibility index (Phi) is 4.43. The van der Waals surface area contributed by atoms with Crippen molar-refractivity contribution in [2.75, 3.05) is 11.1 Å². The largest absolute Gasteiger partial charge is 0.423 e. The van der Waals surface area contributed by atoms with Crippen LogP contribution in [0.5, 0.6) is 0 Å². The topological polar surface area (TPSA) is 72.2 Å². The molecule has 23 heavy (non-hydrogen) atoms. The number of anilines is 1. The molecule has 3 aromatic rings. The number of carbonyl (C=O) groups excluding carboxylic acids is 1. The molecule has 2 heterocycles. The number of amides is 1. The van der Waals surface area contributed by atoms with Gasteiger partial charge in [-0.15, -0.1) is 0 Å². The number of benzene rings is 1. The number of rotatable bonds is 4. The van der Waals surface area contributed by atoms with Crippen LogP contribution in [0, 0.1) is 6.92 Å². The van der Waals surface area contributed by atoms with Crippen molar-refractivity contribution in [2.24, 2.45) is 0 Å². The Morgan fingerprint density at radius 1 is 1.26 bits per heavy atom. The highest BCUT2D eigenvalue weighted by Gasteiger charge is 2.07. The molecule has 1 N–H and O–H groups in total. The van der Waals surface area contributed by atoms with Crippen molar-refractivity contribution in [1.29, 1.82) is 0 Å². The van der Waals surface area contributed by atoms with Crippen LogP contribution in [0.4, 0.5) is 5.69 Å². The Hall–Kier alpha value is -2.60. The summed E-state index contributed by atoms with van der Waals surface area (Å²) >= 11 is 1.36. The van der Waals surface area contributed by atoms with Crippen molar-refractivity contribution in [3.63, 3.8) is 0 Å². The van der Waals surface area contributed by atoms with Crippen LogP contribution in [0.3, 0.4) is 0 Å². The maximum absolute atomic E-state index is 12.0. The van der Waals surface area contributed by atoms with Gasteiger partial charge in [-0.2, -0.15) is 0 Å². The Balaban J connectivity index is 1.71. The van der Waals surface area contributed by atoms with Crippen molar-refractivity contribution in [1.82, 2.24) is 4.98 Å². The van der Waals surface area contributed by atoms with Gasteiger partial charge < -0.3 is 9.73 Å². The number of aromatic nitrogens is 1. The fraction of sp³-hybridized carbons (Fsp3) is 0.118. The summed E-state index contributed by atoms with van der Waals surface area (Å²) in [6, 6.07) is 12.3. The van der Waals surface area contributed by atoms with Crippen LogP contribution in [-0.4, -0.2) is 16.6 Å². The summed E-state index contributed by atoms with van der Waals surface area (Å²) in [6.45, 7) is 1.85. The van der Waals surface area contributed by atoms with Gasteiger partial charge in [-0.05, 0) is 36.8 Å². The molecule has 0 radical (unpaired) electrons. The average molecular weight is 326 g/mol. The minimum absolute atomic E-state index is 0.144. The maximum atomic E-state index is 12.0. The monoisotopic (exact) mass is 326 g/mol. The summed E-state index contributed by atoms with van der Waals surface area (Å²) < 4.78 is 5.17. The second-order valence-electron chi connectivity index (χ2n) is 4.96. The lowest BCUT2D eigenvalue weighted by atomic mass is 10.1. The van der Waals surface area contributed by atoms with E-state index in [2.05, 4.69) is 10.3 Å². The Labute approximate surface area is 136 Å². The first-order valence-electron chi connectivity index (χ1n) is 7.00. The van der Waals surface area contributed by atoms with Gasteiger partial charge in [0.25, 0.3) is 0 Å². The molecule has 0 saturated carbocycles. The lowest BCUT2D eigenvalue weighted by Gasteiger charge is -2.06. The standard InChI is InChI=1S/C17H14N2O3S/c1-11-8-17(21)22-14-9-12(5-6-13(11)14)19-15(20)10-23-16-4-2-3-7-18-16/h2-9H,10H2,1H3,(H,19,20). The predicted octanol–water partition coefficient (Wildman–Crippen LogP) is 3.23. The van der Waals surface area contributed by atoms with Crippen LogP contribution in [0.2, 0.25) is 0 Å². The third-order valence-electron chi connectivity index (χ3n) is 3.22. The zero-order valence-electron chi connectivity index (χ0n) is 12.4. The molecule has 0 aliphatic rings. The molecule has 5 nitrogen and oxygen atoms in total. The van der Waals surface area contributed by atoms with E-state index in [1.165, 1.54) is 17.8 Å². The van der Waals surface area contributed by atoms with E-state index in [4.69, 9.17) is 4.42 Å². The van der Waals surface area contributed by atoms with E-state index in [0.717, 1.165) is 16.0 Å². The van der Waals surface area contributed by atoms with Crippen molar-refractivity contribution in [3.8, 4) is 0 Å². The first-order valence-corrected chi connectivity index (χ1v) is 7.98. The average Bonchev–Trinajstić information content (AvgIpc) is 2.53. The van der Waals surface area contributed by atoms with Crippen LogP contribution in [0.1, 0.15) is 5.56 Å². The molecule has 0 saturated heterocycles. The molecule has 6 heteroatoms. The number of hydrogen-bond donors (Lipinski definition) is 1. The maximum Gasteiger partial charge on any atom is 0.336 e. The molecule has 1 aromatic carbocycles. The van der Waals surface area contributed by atoms with Crippen LogP contribution in [0.15, 0.2) is 62.9 Å². The summed E-state index contributed by atoms with van der Waals surface area (Å²) in [7, 11) is 0. The van der Waals surface area contributed by atoms with E-state index in [1.807, 2.05) is 31.2 Å². The van der Waals surface area contributed by atoms with Crippen LogP contribution < -0.4 is 10.9 Å². The predicted molar refractivity (Wildman–Crippen MR) is 90.8 cm³/mol. The highest BCUT2D eigenvalue weighted by atomic mass is 32.2. The lowest BCUT2D eigenvalue weighted by molar-refractivity contribution is -0.113. The number of fused-ring (bicyclic) bond motifs is 1. The molecule has 2 aromatic heterocycles. The van der Waals surface area contributed by atoms with Crippen LogP contribution in [0.25, 0.3) is 11.0 Å². The van der Waals surface area contributed by atoms with Gasteiger partial charge in [0, 0.05) is 29.4 Å². The third-order valence-corrected chi connectivity index (χ3v) is 4.17. The summed E-state index contributed by atoms with van der Waals surface area (Å²) in [4.78, 5) is 27.6. The van der Waals surface area contributed by atoms with Crippen molar-refractivity contribution in [3.05, 3.63) is 64.6 Å². The number of thioether (sulfide) groups is 1. The molecular weight excluding hydrogens is 312 g/mol. The fourth-order valence-corrected chi connectivity index (χ4v) is 2.83. The molecule has 0 fully saturated rings. The molecule has 0 unspecified atom stereocenters. The summed E-state index contributed by atoms with van der Waals surface area (Å²) in [5, 5.41) is 4.44. The lowest BCUT2D eigenvalue weighted by Crippen LogP contribution is -2.14. The van der Waals surface area contributed by atoms with Gasteiger partial charge in [-0.25, -0.2) is 9.78 Å². The van der Waals surface area contributed by atoms with Crippen molar-refractivity contribution >= 4 is 34.3 Å². The molecule has 0 bridgehead atoms. The minimum Gasteiger partial charge on any atom is -0.423 e. The van der Waals surface area contributed by atoms with E-state index in [0.29, 0.717) is 11.3 Å². The number of aryl methyl sites for hydroxylation is 1. The molecule has 0 aliphatic heterocycles. The summed E-state index contributed by atoms with van der Waals surface area (Å²) in [5.74, 6) is 0.113. The van der Waals surface area contributed by atoms with Crippen LogP contribution in [-0.2, 0) is 4.79 Å². The second kappa shape index (κ2) is 6.66. The number of carbonyl (C=O) groups is 1. The van der Waals surface area contributed by atoms with Gasteiger partial charge in [0.2, 0.25) is 5.91 Å². The van der Waals surface area contributed by atoms with Gasteiger partial charge >= 0.3 is 5.63 Å². The van der Waals surface area contributed by atoms with Crippen molar-refractivity contribution in [2.45, 2.75) is 11.9 Å². The Bertz CT molecular complexity index is 907. The van der Waals surface area contributed by atoms with E-state index >= 15 is 0 Å². The van der Waals surface area contributed by atoms with Gasteiger partial charge in [-0.1, -0.05) is 17.8 Å². The van der Waals surface area contributed by atoms with E-state index in [9.17, 15) is 9.59 Å². The quantitative estimate of drug-likeness (QED) is 0.589. The highest BCUT2D eigenvalue weighted by molar-refractivity contribution is 7.99. The van der Waals surface area contributed by atoms with Crippen LogP contribution >= 0.6 is 11.8 Å². The number of pyridine rings is 1. The number of nitrogens with zero attached hydrogens (tertiary/aromatic N) is 1. The third kappa shape index (κ3) is 3.78. The zero-order valence-corrected chi connectivity index (χ0v) is 13.2. The highest BCUT2D eigenvalue weighted by Crippen LogP contribution is 2.21. The molecule has 0 spiro atoms.